The molecule has 138 valence electrons. The van der Waals surface area contributed by atoms with E-state index in [0.29, 0.717) is 29.6 Å². The van der Waals surface area contributed by atoms with Crippen molar-refractivity contribution in [3.63, 3.8) is 0 Å². The van der Waals surface area contributed by atoms with E-state index in [-0.39, 0.29) is 5.91 Å². The summed E-state index contributed by atoms with van der Waals surface area (Å²) in [6, 6.07) is 16.5. The summed E-state index contributed by atoms with van der Waals surface area (Å²) in [5, 5.41) is 3.34. The van der Waals surface area contributed by atoms with Crippen molar-refractivity contribution in [2.45, 2.75) is 13.3 Å². The summed E-state index contributed by atoms with van der Waals surface area (Å²) in [6.45, 7) is 3.47. The van der Waals surface area contributed by atoms with Crippen molar-refractivity contribution in [2.75, 3.05) is 19.8 Å². The van der Waals surface area contributed by atoms with Gasteiger partial charge in [-0.2, -0.15) is 0 Å². The fourth-order valence-electron chi connectivity index (χ4n) is 2.07. The van der Waals surface area contributed by atoms with Crippen LogP contribution in [0, 0.1) is 0 Å². The Morgan fingerprint density at radius 3 is 2.42 bits per heavy atom. The van der Waals surface area contributed by atoms with Crippen LogP contribution < -0.4 is 25.6 Å². The van der Waals surface area contributed by atoms with Crippen molar-refractivity contribution >= 4 is 23.2 Å². The number of thiocarbonyl (C=S) groups is 1. The molecule has 7 heteroatoms. The Balaban J connectivity index is 1.82. The molecule has 0 bridgehead atoms. The zero-order valence-corrected chi connectivity index (χ0v) is 15.5. The molecule has 3 N–H and O–H groups in total. The highest BCUT2D eigenvalue weighted by Crippen LogP contribution is 2.17. The maximum Gasteiger partial charge on any atom is 0.273 e. The first-order chi connectivity index (χ1) is 12.7. The van der Waals surface area contributed by atoms with Crippen molar-refractivity contribution in [1.29, 1.82) is 0 Å². The van der Waals surface area contributed by atoms with Crippen molar-refractivity contribution in [3.05, 3.63) is 60.2 Å². The molecule has 0 saturated heterocycles. The number of hydrogen-bond acceptors (Lipinski definition) is 4. The number of hydrogen-bond donors (Lipinski definition) is 3. The second-order valence-corrected chi connectivity index (χ2v) is 5.75. The Labute approximate surface area is 158 Å². The van der Waals surface area contributed by atoms with E-state index in [9.17, 15) is 4.79 Å². The normalized spacial score (nSPS) is 9.88. The number of hydrazine groups is 1. The van der Waals surface area contributed by atoms with Gasteiger partial charge in [-0.1, -0.05) is 37.3 Å². The van der Waals surface area contributed by atoms with Crippen LogP contribution in [0.1, 0.15) is 23.7 Å². The molecule has 0 aromatic heterocycles. The van der Waals surface area contributed by atoms with Gasteiger partial charge in [-0.05, 0) is 42.9 Å². The molecule has 0 aliphatic heterocycles. The zero-order chi connectivity index (χ0) is 18.6. The minimum Gasteiger partial charge on any atom is -0.490 e. The number of para-hydroxylation sites is 2. The van der Waals surface area contributed by atoms with Crippen LogP contribution in [0.2, 0.25) is 0 Å². The molecule has 2 aromatic rings. The molecule has 2 rings (SSSR count). The van der Waals surface area contributed by atoms with Gasteiger partial charge in [-0.25, -0.2) is 0 Å². The van der Waals surface area contributed by atoms with E-state index in [1.54, 1.807) is 18.2 Å². The van der Waals surface area contributed by atoms with E-state index < -0.39 is 0 Å². The Morgan fingerprint density at radius 1 is 0.962 bits per heavy atom. The molecular weight excluding hydrogens is 350 g/mol. The molecular formula is C19H23N3O3S. The smallest absolute Gasteiger partial charge is 0.273 e. The van der Waals surface area contributed by atoms with Gasteiger partial charge in [0.2, 0.25) is 0 Å². The lowest BCUT2D eigenvalue weighted by molar-refractivity contribution is 0.0938. The summed E-state index contributed by atoms with van der Waals surface area (Å²) in [6.07, 6.45) is 0.942. The topological polar surface area (TPSA) is 71.6 Å². The van der Waals surface area contributed by atoms with Gasteiger partial charge in [0.15, 0.2) is 5.11 Å². The minimum atomic E-state index is -0.328. The second kappa shape index (κ2) is 10.9. The first-order valence-electron chi connectivity index (χ1n) is 8.44. The average molecular weight is 373 g/mol. The molecule has 0 saturated carbocycles. The van der Waals surface area contributed by atoms with Gasteiger partial charge in [0, 0.05) is 6.54 Å². The van der Waals surface area contributed by atoms with E-state index >= 15 is 0 Å². The van der Waals surface area contributed by atoms with Gasteiger partial charge in [-0.3, -0.25) is 15.6 Å². The number of amides is 1. The van der Waals surface area contributed by atoms with E-state index in [4.69, 9.17) is 21.7 Å². The van der Waals surface area contributed by atoms with Gasteiger partial charge >= 0.3 is 0 Å². The largest absolute Gasteiger partial charge is 0.490 e. The van der Waals surface area contributed by atoms with Crippen LogP contribution in [-0.4, -0.2) is 30.8 Å². The molecule has 26 heavy (non-hydrogen) atoms. The van der Waals surface area contributed by atoms with Crippen LogP contribution in [0.15, 0.2) is 54.6 Å². The van der Waals surface area contributed by atoms with Crippen LogP contribution >= 0.6 is 12.2 Å². The highest BCUT2D eigenvalue weighted by atomic mass is 32.1. The van der Waals surface area contributed by atoms with E-state index in [2.05, 4.69) is 16.2 Å². The monoisotopic (exact) mass is 373 g/mol. The Kier molecular flexibility index (Phi) is 8.21. The maximum atomic E-state index is 12.3. The molecule has 0 heterocycles. The third kappa shape index (κ3) is 6.60. The number of rotatable bonds is 8. The molecule has 1 amide bonds. The zero-order valence-electron chi connectivity index (χ0n) is 14.7. The van der Waals surface area contributed by atoms with E-state index in [1.807, 2.05) is 43.3 Å². The summed E-state index contributed by atoms with van der Waals surface area (Å²) >= 11 is 5.07. The highest BCUT2D eigenvalue weighted by Gasteiger charge is 2.12. The Morgan fingerprint density at radius 2 is 1.65 bits per heavy atom. The quantitative estimate of drug-likeness (QED) is 0.375. The first-order valence-corrected chi connectivity index (χ1v) is 8.85. The standard InChI is InChI=1S/C19H23N3O3S/c1-2-12-20-19(26)22-21-18(23)16-10-6-7-11-17(16)25-14-13-24-15-8-4-3-5-9-15/h3-11H,2,12-14H2,1H3,(H,21,23)(H2,20,22,26). The molecule has 0 radical (unpaired) electrons. The molecule has 0 spiro atoms. The highest BCUT2D eigenvalue weighted by molar-refractivity contribution is 7.80. The van der Waals surface area contributed by atoms with Gasteiger partial charge in [0.25, 0.3) is 5.91 Å². The lowest BCUT2D eigenvalue weighted by atomic mass is 10.2. The molecule has 2 aromatic carbocycles. The SMILES string of the molecule is CCCNC(=S)NNC(=O)c1ccccc1OCCOc1ccccc1. The Bertz CT molecular complexity index is 710. The third-order valence-corrected chi connectivity index (χ3v) is 3.56. The molecule has 0 aliphatic rings. The summed E-state index contributed by atoms with van der Waals surface area (Å²) < 4.78 is 11.3. The van der Waals surface area contributed by atoms with Crippen LogP contribution in [-0.2, 0) is 0 Å². The summed E-state index contributed by atoms with van der Waals surface area (Å²) in [7, 11) is 0. The molecule has 0 atom stereocenters. The van der Waals surface area contributed by atoms with E-state index in [0.717, 1.165) is 18.7 Å². The van der Waals surface area contributed by atoms with Crippen LogP contribution in [0.5, 0.6) is 11.5 Å². The van der Waals surface area contributed by atoms with Crippen LogP contribution in [0.3, 0.4) is 0 Å². The second-order valence-electron chi connectivity index (χ2n) is 5.34. The van der Waals surface area contributed by atoms with Crippen LogP contribution in [0.4, 0.5) is 0 Å². The lowest BCUT2D eigenvalue weighted by Gasteiger charge is -2.14. The number of carbonyl (C=O) groups is 1. The van der Waals surface area contributed by atoms with Gasteiger partial charge in [-0.15, -0.1) is 0 Å². The number of carbonyl (C=O) groups excluding carboxylic acids is 1. The lowest BCUT2D eigenvalue weighted by Crippen LogP contribution is -2.47. The Hall–Kier alpha value is -2.80. The first kappa shape index (κ1) is 19.5. The maximum absolute atomic E-state index is 12.3. The van der Waals surface area contributed by atoms with Crippen molar-refractivity contribution in [2.24, 2.45) is 0 Å². The van der Waals surface area contributed by atoms with Gasteiger partial charge in [0.1, 0.15) is 24.7 Å². The average Bonchev–Trinajstić information content (AvgIpc) is 2.69. The summed E-state index contributed by atoms with van der Waals surface area (Å²) in [5.41, 5.74) is 5.65. The van der Waals surface area contributed by atoms with Crippen molar-refractivity contribution < 1.29 is 14.3 Å². The van der Waals surface area contributed by atoms with Crippen molar-refractivity contribution in [1.82, 2.24) is 16.2 Å². The predicted octanol–water partition coefficient (Wildman–Crippen LogP) is 2.66. The predicted molar refractivity (Wildman–Crippen MR) is 105 cm³/mol. The minimum absolute atomic E-state index is 0.323. The molecule has 0 unspecified atom stereocenters. The fourth-order valence-corrected chi connectivity index (χ4v) is 2.22. The molecule has 0 fully saturated rings. The molecule has 0 aliphatic carbocycles. The van der Waals surface area contributed by atoms with Gasteiger partial charge < -0.3 is 14.8 Å². The van der Waals surface area contributed by atoms with Crippen molar-refractivity contribution in [3.8, 4) is 11.5 Å². The third-order valence-electron chi connectivity index (χ3n) is 3.31. The summed E-state index contributed by atoms with van der Waals surface area (Å²) in [5.74, 6) is 0.931. The fraction of sp³-hybridized carbons (Fsp3) is 0.263. The molecule has 6 nitrogen and oxygen atoms in total. The van der Waals surface area contributed by atoms with E-state index in [1.165, 1.54) is 0 Å². The van der Waals surface area contributed by atoms with Gasteiger partial charge in [0.05, 0.1) is 5.56 Å². The van der Waals surface area contributed by atoms with Crippen LogP contribution in [0.25, 0.3) is 0 Å². The summed E-state index contributed by atoms with van der Waals surface area (Å²) in [4.78, 5) is 12.3. The number of ether oxygens (including phenoxy) is 2. The number of benzene rings is 2. The number of nitrogens with one attached hydrogen (secondary N) is 3.